The number of esters is 1. The van der Waals surface area contributed by atoms with Crippen molar-refractivity contribution in [2.24, 2.45) is 0 Å². The summed E-state index contributed by atoms with van der Waals surface area (Å²) < 4.78 is 11.2. The Kier molecular flexibility index (Phi) is 4.57. The van der Waals surface area contributed by atoms with Gasteiger partial charge in [-0.3, -0.25) is 4.79 Å². The molecule has 0 saturated carbocycles. The molecule has 0 unspecified atom stereocenters. The number of carbonyl (C=O) groups excluding carboxylic acids is 2. The van der Waals surface area contributed by atoms with Gasteiger partial charge in [-0.05, 0) is 29.3 Å². The quantitative estimate of drug-likeness (QED) is 0.459. The summed E-state index contributed by atoms with van der Waals surface area (Å²) in [6, 6.07) is 24.3. The molecule has 3 aromatic rings. The minimum Gasteiger partial charge on any atom is -0.459 e. The van der Waals surface area contributed by atoms with Gasteiger partial charge in [0.1, 0.15) is 6.61 Å². The van der Waals surface area contributed by atoms with Gasteiger partial charge in [-0.1, -0.05) is 72.3 Å². The van der Waals surface area contributed by atoms with Crippen molar-refractivity contribution in [2.75, 3.05) is 4.90 Å². The van der Waals surface area contributed by atoms with Crippen LogP contribution in [0.4, 0.5) is 5.69 Å². The summed E-state index contributed by atoms with van der Waals surface area (Å²) in [5.74, 6) is -0.829. The Morgan fingerprint density at radius 1 is 1.00 bits per heavy atom. The highest BCUT2D eigenvalue weighted by Gasteiger charge is 2.73. The van der Waals surface area contributed by atoms with Gasteiger partial charge in [-0.2, -0.15) is 0 Å². The predicted octanol–water partition coefficient (Wildman–Crippen LogP) is 4.22. The number of ether oxygens (including phenoxy) is 2. The van der Waals surface area contributed by atoms with Gasteiger partial charge in [-0.25, -0.2) is 4.79 Å². The van der Waals surface area contributed by atoms with E-state index >= 15 is 0 Å². The number of hydrogen-bond acceptors (Lipinski definition) is 4. The molecular weight excluding hydrogens is 402 g/mol. The SMILES string of the molecule is O=C(OCc1ccccc1)[C@H]1O[C@]12C(=O)N(Cc1ccccc1)c1ccc(Cl)cc12. The van der Waals surface area contributed by atoms with Crippen molar-refractivity contribution >= 4 is 29.2 Å². The number of carbonyl (C=O) groups is 2. The van der Waals surface area contributed by atoms with E-state index in [4.69, 9.17) is 21.1 Å². The minimum atomic E-state index is -1.36. The molecule has 6 heteroatoms. The summed E-state index contributed by atoms with van der Waals surface area (Å²) in [5, 5.41) is 0.481. The van der Waals surface area contributed by atoms with Crippen LogP contribution in [0.5, 0.6) is 0 Å². The zero-order valence-electron chi connectivity index (χ0n) is 16.0. The predicted molar refractivity (Wildman–Crippen MR) is 112 cm³/mol. The lowest BCUT2D eigenvalue weighted by Crippen LogP contribution is -2.35. The molecule has 2 aliphatic rings. The molecule has 1 amide bonds. The fourth-order valence-electron chi connectivity index (χ4n) is 3.93. The van der Waals surface area contributed by atoms with Gasteiger partial charge in [0.05, 0.1) is 12.2 Å². The van der Waals surface area contributed by atoms with Gasteiger partial charge in [-0.15, -0.1) is 0 Å². The van der Waals surface area contributed by atoms with E-state index in [1.807, 2.05) is 60.7 Å². The Bertz CT molecular complexity index is 1120. The van der Waals surface area contributed by atoms with E-state index in [-0.39, 0.29) is 12.5 Å². The molecule has 2 aliphatic heterocycles. The molecule has 1 saturated heterocycles. The number of amides is 1. The highest BCUT2D eigenvalue weighted by atomic mass is 35.5. The Hall–Kier alpha value is -3.15. The highest BCUT2D eigenvalue weighted by Crippen LogP contribution is 2.57. The number of nitrogens with zero attached hydrogens (tertiary/aromatic N) is 1. The Morgan fingerprint density at radius 2 is 1.67 bits per heavy atom. The lowest BCUT2D eigenvalue weighted by Gasteiger charge is -2.17. The first-order chi connectivity index (χ1) is 14.6. The van der Waals surface area contributed by atoms with Crippen LogP contribution in [0.1, 0.15) is 16.7 Å². The maximum absolute atomic E-state index is 13.4. The van der Waals surface area contributed by atoms with Crippen molar-refractivity contribution < 1.29 is 19.1 Å². The Morgan fingerprint density at radius 3 is 2.37 bits per heavy atom. The molecule has 0 aromatic heterocycles. The van der Waals surface area contributed by atoms with Crippen molar-refractivity contribution in [3.05, 3.63) is 101 Å². The van der Waals surface area contributed by atoms with Crippen LogP contribution in [0.15, 0.2) is 78.9 Å². The fourth-order valence-corrected chi connectivity index (χ4v) is 4.10. The van der Waals surface area contributed by atoms with Crippen LogP contribution < -0.4 is 4.90 Å². The van der Waals surface area contributed by atoms with E-state index in [1.165, 1.54) is 0 Å². The number of rotatable bonds is 5. The third-order valence-corrected chi connectivity index (χ3v) is 5.68. The van der Waals surface area contributed by atoms with E-state index in [2.05, 4.69) is 0 Å². The first-order valence-corrected chi connectivity index (χ1v) is 10.0. The second-order valence-electron chi connectivity index (χ2n) is 7.37. The van der Waals surface area contributed by atoms with Crippen molar-refractivity contribution in [1.29, 1.82) is 0 Å². The maximum atomic E-state index is 13.4. The number of hydrogen-bond donors (Lipinski definition) is 0. The number of fused-ring (bicyclic) bond motifs is 2. The molecule has 0 bridgehead atoms. The van der Waals surface area contributed by atoms with Gasteiger partial charge in [0.25, 0.3) is 5.91 Å². The van der Waals surface area contributed by atoms with E-state index in [1.54, 1.807) is 23.1 Å². The van der Waals surface area contributed by atoms with Crippen molar-refractivity contribution in [2.45, 2.75) is 24.9 Å². The summed E-state index contributed by atoms with van der Waals surface area (Å²) in [5.41, 5.74) is 1.80. The van der Waals surface area contributed by atoms with Gasteiger partial charge >= 0.3 is 5.97 Å². The zero-order valence-corrected chi connectivity index (χ0v) is 16.7. The number of halogens is 1. The maximum Gasteiger partial charge on any atom is 0.339 e. The molecule has 30 heavy (non-hydrogen) atoms. The van der Waals surface area contributed by atoms with Crippen LogP contribution in [-0.2, 0) is 37.8 Å². The normalized spacial score (nSPS) is 21.6. The average molecular weight is 420 g/mol. The molecule has 2 heterocycles. The Balaban J connectivity index is 1.41. The summed E-state index contributed by atoms with van der Waals surface area (Å²) in [6.07, 6.45) is -0.980. The highest BCUT2D eigenvalue weighted by molar-refractivity contribution is 6.31. The molecule has 0 N–H and O–H groups in total. The third-order valence-electron chi connectivity index (χ3n) is 5.45. The summed E-state index contributed by atoms with van der Waals surface area (Å²) in [7, 11) is 0. The van der Waals surface area contributed by atoms with Crippen molar-refractivity contribution in [3.8, 4) is 0 Å². The van der Waals surface area contributed by atoms with Crippen LogP contribution in [0.3, 0.4) is 0 Å². The molecule has 150 valence electrons. The molecule has 0 aliphatic carbocycles. The van der Waals surface area contributed by atoms with Crippen LogP contribution >= 0.6 is 11.6 Å². The molecule has 5 nitrogen and oxygen atoms in total. The summed E-state index contributed by atoms with van der Waals surface area (Å²) in [4.78, 5) is 27.7. The van der Waals surface area contributed by atoms with Gasteiger partial charge in [0.2, 0.25) is 5.60 Å². The first-order valence-electron chi connectivity index (χ1n) is 9.64. The molecule has 5 rings (SSSR count). The smallest absolute Gasteiger partial charge is 0.339 e. The fraction of sp³-hybridized carbons (Fsp3) is 0.167. The second kappa shape index (κ2) is 7.27. The van der Waals surface area contributed by atoms with E-state index < -0.39 is 17.7 Å². The molecule has 0 radical (unpaired) electrons. The van der Waals surface area contributed by atoms with Gasteiger partial charge < -0.3 is 14.4 Å². The largest absolute Gasteiger partial charge is 0.459 e. The third kappa shape index (κ3) is 3.07. The molecular formula is C24H18ClNO4. The number of epoxide rings is 1. The van der Waals surface area contributed by atoms with Crippen LogP contribution in [-0.4, -0.2) is 18.0 Å². The zero-order chi connectivity index (χ0) is 20.7. The van der Waals surface area contributed by atoms with E-state index in [0.29, 0.717) is 22.8 Å². The molecule has 1 fully saturated rings. The van der Waals surface area contributed by atoms with E-state index in [9.17, 15) is 9.59 Å². The molecule has 3 aromatic carbocycles. The van der Waals surface area contributed by atoms with Gasteiger partial charge in [0, 0.05) is 10.6 Å². The van der Waals surface area contributed by atoms with Crippen LogP contribution in [0.25, 0.3) is 0 Å². The average Bonchev–Trinajstić information content (AvgIpc) is 3.49. The van der Waals surface area contributed by atoms with Crippen LogP contribution in [0, 0.1) is 0 Å². The van der Waals surface area contributed by atoms with E-state index in [0.717, 1.165) is 11.1 Å². The number of benzene rings is 3. The lowest BCUT2D eigenvalue weighted by molar-refractivity contribution is -0.146. The first kappa shape index (κ1) is 18.9. The monoisotopic (exact) mass is 419 g/mol. The second-order valence-corrected chi connectivity index (χ2v) is 7.80. The van der Waals surface area contributed by atoms with Crippen molar-refractivity contribution in [3.63, 3.8) is 0 Å². The topological polar surface area (TPSA) is 59.1 Å². The van der Waals surface area contributed by atoms with Crippen LogP contribution in [0.2, 0.25) is 5.02 Å². The summed E-state index contributed by atoms with van der Waals surface area (Å²) in [6.45, 7) is 0.505. The molecule has 2 atom stereocenters. The Labute approximate surface area is 178 Å². The summed E-state index contributed by atoms with van der Waals surface area (Å²) >= 11 is 6.20. The standard InChI is InChI=1S/C24H18ClNO4/c25-18-11-12-20-19(13-18)24(23(28)26(20)14-16-7-3-1-4-8-16)21(30-24)22(27)29-15-17-9-5-2-6-10-17/h1-13,21H,14-15H2/t21-,24+/m1/s1. The molecule has 1 spiro atoms. The van der Waals surface area contributed by atoms with Crippen molar-refractivity contribution in [1.82, 2.24) is 0 Å². The van der Waals surface area contributed by atoms with Gasteiger partial charge in [0.15, 0.2) is 6.10 Å². The lowest BCUT2D eigenvalue weighted by atomic mass is 9.97. The number of anilines is 1. The minimum absolute atomic E-state index is 0.125.